The number of tetrazole rings is 1. The molecule has 1 rings (SSSR count). The molecule has 0 aliphatic carbocycles. The Hall–Kier alpha value is -1.99. The molecule has 1 aromatic rings. The predicted molar refractivity (Wildman–Crippen MR) is 59.3 cm³/mol. The number of esters is 2. The van der Waals surface area contributed by atoms with Gasteiger partial charge >= 0.3 is 11.9 Å². The molecule has 0 atom stereocenters. The number of carbonyl (C=O) groups is 2. The first-order valence-corrected chi connectivity index (χ1v) is 5.64. The van der Waals surface area contributed by atoms with Crippen LogP contribution >= 0.6 is 0 Å². The number of hydrogen-bond acceptors (Lipinski definition) is 7. The highest BCUT2D eigenvalue weighted by atomic mass is 16.6. The van der Waals surface area contributed by atoms with Crippen molar-refractivity contribution in [1.29, 1.82) is 0 Å². The SMILES string of the molecule is CCOC(=O)C(Cc1nnn(C)n1)C(=O)OCC. The number of rotatable bonds is 6. The van der Waals surface area contributed by atoms with Gasteiger partial charge in [-0.15, -0.1) is 10.2 Å². The molecule has 0 fully saturated rings. The third-order valence-electron chi connectivity index (χ3n) is 2.08. The molecule has 0 radical (unpaired) electrons. The summed E-state index contributed by atoms with van der Waals surface area (Å²) < 4.78 is 9.66. The number of carbonyl (C=O) groups excluding carboxylic acids is 2. The van der Waals surface area contributed by atoms with E-state index in [0.717, 1.165) is 0 Å². The first-order valence-electron chi connectivity index (χ1n) is 5.64. The highest BCUT2D eigenvalue weighted by molar-refractivity contribution is 5.95. The van der Waals surface area contributed by atoms with Crippen LogP contribution in [0.4, 0.5) is 0 Å². The van der Waals surface area contributed by atoms with Crippen LogP contribution in [0.3, 0.4) is 0 Å². The van der Waals surface area contributed by atoms with Crippen LogP contribution in [0, 0.1) is 5.92 Å². The zero-order chi connectivity index (χ0) is 13.5. The smallest absolute Gasteiger partial charge is 0.320 e. The second-order valence-corrected chi connectivity index (χ2v) is 3.46. The zero-order valence-corrected chi connectivity index (χ0v) is 10.6. The van der Waals surface area contributed by atoms with E-state index in [1.807, 2.05) is 0 Å². The number of aryl methyl sites for hydroxylation is 1. The van der Waals surface area contributed by atoms with Crippen LogP contribution in [0.1, 0.15) is 19.7 Å². The van der Waals surface area contributed by atoms with Crippen molar-refractivity contribution < 1.29 is 19.1 Å². The molecule has 0 N–H and O–H groups in total. The van der Waals surface area contributed by atoms with Crippen LogP contribution in [0.5, 0.6) is 0 Å². The number of nitrogens with zero attached hydrogens (tertiary/aromatic N) is 4. The van der Waals surface area contributed by atoms with Crippen molar-refractivity contribution in [2.24, 2.45) is 13.0 Å². The Bertz CT molecular complexity index is 400. The maximum atomic E-state index is 11.7. The van der Waals surface area contributed by atoms with Gasteiger partial charge in [-0.05, 0) is 19.1 Å². The molecule has 1 heterocycles. The van der Waals surface area contributed by atoms with Crippen LogP contribution in [-0.4, -0.2) is 45.4 Å². The van der Waals surface area contributed by atoms with Gasteiger partial charge in [-0.25, -0.2) is 0 Å². The molecule has 0 aliphatic rings. The van der Waals surface area contributed by atoms with E-state index in [9.17, 15) is 9.59 Å². The summed E-state index contributed by atoms with van der Waals surface area (Å²) >= 11 is 0. The van der Waals surface area contributed by atoms with Crippen molar-refractivity contribution in [3.63, 3.8) is 0 Å². The Morgan fingerprint density at radius 1 is 1.22 bits per heavy atom. The highest BCUT2D eigenvalue weighted by Gasteiger charge is 2.31. The van der Waals surface area contributed by atoms with Gasteiger partial charge in [0.2, 0.25) is 0 Å². The summed E-state index contributed by atoms with van der Waals surface area (Å²) in [7, 11) is 1.60. The monoisotopic (exact) mass is 256 g/mol. The second-order valence-electron chi connectivity index (χ2n) is 3.46. The summed E-state index contributed by atoms with van der Waals surface area (Å²) in [6, 6.07) is 0. The Morgan fingerprint density at radius 2 is 1.78 bits per heavy atom. The Kier molecular flexibility index (Phi) is 5.22. The molecule has 1 aromatic heterocycles. The van der Waals surface area contributed by atoms with Crippen LogP contribution in [0.15, 0.2) is 0 Å². The van der Waals surface area contributed by atoms with E-state index < -0.39 is 17.9 Å². The molecule has 0 saturated heterocycles. The molecular formula is C10H16N4O4. The third kappa shape index (κ3) is 3.79. The van der Waals surface area contributed by atoms with Crippen LogP contribution < -0.4 is 0 Å². The van der Waals surface area contributed by atoms with Gasteiger partial charge < -0.3 is 9.47 Å². The fourth-order valence-corrected chi connectivity index (χ4v) is 1.34. The third-order valence-corrected chi connectivity index (χ3v) is 2.08. The van der Waals surface area contributed by atoms with Crippen LogP contribution in [0.25, 0.3) is 0 Å². The maximum Gasteiger partial charge on any atom is 0.320 e. The molecule has 18 heavy (non-hydrogen) atoms. The number of aromatic nitrogens is 4. The zero-order valence-electron chi connectivity index (χ0n) is 10.6. The summed E-state index contributed by atoms with van der Waals surface area (Å²) in [5.41, 5.74) is 0. The lowest BCUT2D eigenvalue weighted by molar-refractivity contribution is -0.161. The number of ether oxygens (including phenoxy) is 2. The summed E-state index contributed by atoms with van der Waals surface area (Å²) in [6.45, 7) is 3.73. The van der Waals surface area contributed by atoms with Gasteiger partial charge in [0.05, 0.1) is 20.3 Å². The van der Waals surface area contributed by atoms with Crippen molar-refractivity contribution >= 4 is 11.9 Å². The molecule has 0 spiro atoms. The average Bonchev–Trinajstić information content (AvgIpc) is 2.72. The minimum atomic E-state index is -1.05. The van der Waals surface area contributed by atoms with E-state index in [-0.39, 0.29) is 19.6 Å². The maximum absolute atomic E-state index is 11.7. The van der Waals surface area contributed by atoms with Gasteiger partial charge in [0.25, 0.3) is 0 Å². The van der Waals surface area contributed by atoms with Gasteiger partial charge in [-0.3, -0.25) is 9.59 Å². The second kappa shape index (κ2) is 6.67. The van der Waals surface area contributed by atoms with Gasteiger partial charge in [0, 0.05) is 6.42 Å². The highest BCUT2D eigenvalue weighted by Crippen LogP contribution is 2.09. The van der Waals surface area contributed by atoms with E-state index in [1.165, 1.54) is 4.80 Å². The fourth-order valence-electron chi connectivity index (χ4n) is 1.34. The minimum Gasteiger partial charge on any atom is -0.465 e. The first kappa shape index (κ1) is 14.1. The first-order chi connectivity index (χ1) is 8.58. The summed E-state index contributed by atoms with van der Waals surface area (Å²) in [5.74, 6) is -2.02. The standard InChI is InChI=1S/C10H16N4O4/c1-4-17-9(15)7(10(16)18-5-2)6-8-11-13-14(3)12-8/h7H,4-6H2,1-3H3. The Labute approximate surface area is 104 Å². The molecule has 8 heteroatoms. The topological polar surface area (TPSA) is 96.2 Å². The van der Waals surface area contributed by atoms with Crippen molar-refractivity contribution in [2.45, 2.75) is 20.3 Å². The Morgan fingerprint density at radius 3 is 2.17 bits per heavy atom. The van der Waals surface area contributed by atoms with Gasteiger partial charge in [0.1, 0.15) is 0 Å². The normalized spacial score (nSPS) is 10.4. The van der Waals surface area contributed by atoms with E-state index in [1.54, 1.807) is 20.9 Å². The van der Waals surface area contributed by atoms with Crippen LogP contribution in [0.2, 0.25) is 0 Å². The molecule has 0 amide bonds. The molecule has 100 valence electrons. The van der Waals surface area contributed by atoms with E-state index >= 15 is 0 Å². The summed E-state index contributed by atoms with van der Waals surface area (Å²) in [4.78, 5) is 24.6. The Balaban J connectivity index is 2.76. The van der Waals surface area contributed by atoms with E-state index in [0.29, 0.717) is 5.82 Å². The quantitative estimate of drug-likeness (QED) is 0.499. The lowest BCUT2D eigenvalue weighted by Gasteiger charge is -2.12. The van der Waals surface area contributed by atoms with Gasteiger partial charge in [0.15, 0.2) is 11.7 Å². The van der Waals surface area contributed by atoms with Crippen molar-refractivity contribution in [3.05, 3.63) is 5.82 Å². The summed E-state index contributed by atoms with van der Waals surface area (Å²) in [5, 5.41) is 11.3. The average molecular weight is 256 g/mol. The van der Waals surface area contributed by atoms with Crippen molar-refractivity contribution in [3.8, 4) is 0 Å². The van der Waals surface area contributed by atoms with Crippen molar-refractivity contribution in [2.75, 3.05) is 13.2 Å². The molecule has 0 bridgehead atoms. The van der Waals surface area contributed by atoms with Gasteiger partial charge in [-0.1, -0.05) is 0 Å². The molecule has 0 unspecified atom stereocenters. The van der Waals surface area contributed by atoms with E-state index in [4.69, 9.17) is 9.47 Å². The molecule has 0 aromatic carbocycles. The number of hydrogen-bond donors (Lipinski definition) is 0. The summed E-state index contributed by atoms with van der Waals surface area (Å²) in [6.07, 6.45) is 0.0194. The predicted octanol–water partition coefficient (Wildman–Crippen LogP) is -0.505. The lowest BCUT2D eigenvalue weighted by Crippen LogP contribution is -2.30. The fraction of sp³-hybridized carbons (Fsp3) is 0.700. The molecule has 0 aliphatic heterocycles. The molecular weight excluding hydrogens is 240 g/mol. The minimum absolute atomic E-state index is 0.0194. The van der Waals surface area contributed by atoms with E-state index in [2.05, 4.69) is 15.4 Å². The molecule has 8 nitrogen and oxygen atoms in total. The van der Waals surface area contributed by atoms with Crippen LogP contribution in [-0.2, 0) is 32.5 Å². The molecule has 0 saturated carbocycles. The van der Waals surface area contributed by atoms with Gasteiger partial charge in [-0.2, -0.15) is 4.80 Å². The van der Waals surface area contributed by atoms with Crippen molar-refractivity contribution in [1.82, 2.24) is 20.2 Å². The lowest BCUT2D eigenvalue weighted by atomic mass is 10.1. The largest absolute Gasteiger partial charge is 0.465 e.